The highest BCUT2D eigenvalue weighted by atomic mass is 16.5. The van der Waals surface area contributed by atoms with Gasteiger partial charge >= 0.3 is 5.97 Å². The topological polar surface area (TPSA) is 60.8 Å². The fourth-order valence-electron chi connectivity index (χ4n) is 1.51. The molecule has 0 N–H and O–H groups in total. The van der Waals surface area contributed by atoms with Crippen LogP contribution >= 0.6 is 0 Å². The third-order valence-corrected chi connectivity index (χ3v) is 2.22. The Bertz CT molecular complexity index is 391. The summed E-state index contributed by atoms with van der Waals surface area (Å²) >= 11 is 0. The molecule has 0 aliphatic carbocycles. The number of nitrogens with zero attached hydrogens (tertiary/aromatic N) is 2. The standard InChI is InChI=1S/C11H12N2O3/c1-2-15-11(14)9-10(16-7-13-9)8-5-3-4-6-12-8/h3-7,9-10H,2H2,1H3. The molecule has 0 aromatic carbocycles. The summed E-state index contributed by atoms with van der Waals surface area (Å²) in [6.07, 6.45) is 2.46. The van der Waals surface area contributed by atoms with Crippen molar-refractivity contribution < 1.29 is 14.3 Å². The number of hydrogen-bond donors (Lipinski definition) is 0. The van der Waals surface area contributed by atoms with Gasteiger partial charge in [0.05, 0.1) is 12.3 Å². The van der Waals surface area contributed by atoms with E-state index in [1.54, 1.807) is 25.3 Å². The number of aromatic nitrogens is 1. The summed E-state index contributed by atoms with van der Waals surface area (Å²) in [6, 6.07) is 4.80. The van der Waals surface area contributed by atoms with Crippen molar-refractivity contribution in [2.24, 2.45) is 4.99 Å². The van der Waals surface area contributed by atoms with E-state index in [0.29, 0.717) is 12.3 Å². The van der Waals surface area contributed by atoms with Gasteiger partial charge in [-0.05, 0) is 19.1 Å². The lowest BCUT2D eigenvalue weighted by molar-refractivity contribution is -0.146. The second kappa shape index (κ2) is 4.74. The minimum Gasteiger partial charge on any atom is -0.471 e. The molecule has 84 valence electrons. The maximum absolute atomic E-state index is 11.6. The number of esters is 1. The third-order valence-electron chi connectivity index (χ3n) is 2.22. The van der Waals surface area contributed by atoms with E-state index in [1.165, 1.54) is 6.40 Å². The molecule has 0 bridgehead atoms. The van der Waals surface area contributed by atoms with Crippen molar-refractivity contribution >= 4 is 12.4 Å². The molecule has 2 atom stereocenters. The van der Waals surface area contributed by atoms with Gasteiger partial charge in [-0.15, -0.1) is 0 Å². The minimum atomic E-state index is -0.644. The Morgan fingerprint density at radius 3 is 3.12 bits per heavy atom. The van der Waals surface area contributed by atoms with E-state index in [0.717, 1.165) is 0 Å². The summed E-state index contributed by atoms with van der Waals surface area (Å²) < 4.78 is 10.2. The van der Waals surface area contributed by atoms with Crippen LogP contribution in [0.25, 0.3) is 0 Å². The Balaban J connectivity index is 2.14. The van der Waals surface area contributed by atoms with Gasteiger partial charge in [-0.2, -0.15) is 0 Å². The molecular weight excluding hydrogens is 208 g/mol. The Hall–Kier alpha value is -1.91. The van der Waals surface area contributed by atoms with Crippen LogP contribution in [0, 0.1) is 0 Å². The van der Waals surface area contributed by atoms with Gasteiger partial charge < -0.3 is 9.47 Å². The average molecular weight is 220 g/mol. The van der Waals surface area contributed by atoms with Crippen LogP contribution in [0.4, 0.5) is 0 Å². The molecule has 0 radical (unpaired) electrons. The van der Waals surface area contributed by atoms with E-state index in [9.17, 15) is 4.79 Å². The van der Waals surface area contributed by atoms with Crippen LogP contribution in [0.5, 0.6) is 0 Å². The molecule has 0 amide bonds. The van der Waals surface area contributed by atoms with Crippen molar-refractivity contribution in [2.45, 2.75) is 19.1 Å². The van der Waals surface area contributed by atoms with Crippen LogP contribution < -0.4 is 0 Å². The van der Waals surface area contributed by atoms with Gasteiger partial charge in [-0.3, -0.25) is 4.98 Å². The van der Waals surface area contributed by atoms with E-state index >= 15 is 0 Å². The summed E-state index contributed by atoms with van der Waals surface area (Å²) in [6.45, 7) is 2.09. The highest BCUT2D eigenvalue weighted by Gasteiger charge is 2.35. The second-order valence-electron chi connectivity index (χ2n) is 3.26. The first-order chi connectivity index (χ1) is 7.83. The van der Waals surface area contributed by atoms with Crippen molar-refractivity contribution in [1.82, 2.24) is 4.98 Å². The molecule has 5 heteroatoms. The zero-order chi connectivity index (χ0) is 11.4. The average Bonchev–Trinajstić information content (AvgIpc) is 2.79. The van der Waals surface area contributed by atoms with E-state index < -0.39 is 12.1 Å². The molecule has 16 heavy (non-hydrogen) atoms. The van der Waals surface area contributed by atoms with Crippen molar-refractivity contribution in [3.63, 3.8) is 0 Å². The van der Waals surface area contributed by atoms with Crippen LogP contribution in [-0.4, -0.2) is 30.0 Å². The lowest BCUT2D eigenvalue weighted by Gasteiger charge is -2.14. The minimum absolute atomic E-state index is 0.333. The molecule has 0 fully saturated rings. The van der Waals surface area contributed by atoms with Gasteiger partial charge in [0.1, 0.15) is 0 Å². The van der Waals surface area contributed by atoms with E-state index in [2.05, 4.69) is 9.98 Å². The van der Waals surface area contributed by atoms with E-state index in [-0.39, 0.29) is 5.97 Å². The van der Waals surface area contributed by atoms with Gasteiger partial charge in [0, 0.05) is 6.20 Å². The molecule has 0 saturated heterocycles. The molecule has 2 rings (SSSR count). The number of rotatable bonds is 3. The molecule has 2 unspecified atom stereocenters. The number of hydrogen-bond acceptors (Lipinski definition) is 5. The van der Waals surface area contributed by atoms with Crippen LogP contribution in [0.2, 0.25) is 0 Å². The smallest absolute Gasteiger partial charge is 0.335 e. The Kier molecular flexibility index (Phi) is 3.14. The second-order valence-corrected chi connectivity index (χ2v) is 3.26. The lowest BCUT2D eigenvalue weighted by Crippen LogP contribution is -2.26. The van der Waals surface area contributed by atoms with Crippen LogP contribution in [-0.2, 0) is 14.3 Å². The lowest BCUT2D eigenvalue weighted by atomic mass is 10.1. The summed E-state index contributed by atoms with van der Waals surface area (Å²) in [5.74, 6) is -0.382. The fraction of sp³-hybridized carbons (Fsp3) is 0.364. The molecule has 2 heterocycles. The molecule has 1 aliphatic rings. The van der Waals surface area contributed by atoms with Gasteiger partial charge in [-0.25, -0.2) is 9.79 Å². The summed E-state index contributed by atoms with van der Waals surface area (Å²) in [7, 11) is 0. The quantitative estimate of drug-likeness (QED) is 0.716. The monoisotopic (exact) mass is 220 g/mol. The van der Waals surface area contributed by atoms with E-state index in [1.807, 2.05) is 6.07 Å². The highest BCUT2D eigenvalue weighted by Crippen LogP contribution is 2.25. The number of carbonyl (C=O) groups excluding carboxylic acids is 1. The maximum Gasteiger partial charge on any atom is 0.335 e. The van der Waals surface area contributed by atoms with Crippen LogP contribution in [0.3, 0.4) is 0 Å². The third kappa shape index (κ3) is 2.03. The molecule has 0 spiro atoms. The summed E-state index contributed by atoms with van der Waals surface area (Å²) in [5.41, 5.74) is 0.679. The molecule has 5 nitrogen and oxygen atoms in total. The first-order valence-corrected chi connectivity index (χ1v) is 5.07. The number of carbonyl (C=O) groups is 1. The van der Waals surface area contributed by atoms with Gasteiger partial charge in [0.25, 0.3) is 0 Å². The number of aliphatic imine (C=N–C) groups is 1. The Morgan fingerprint density at radius 1 is 1.56 bits per heavy atom. The van der Waals surface area contributed by atoms with Gasteiger partial charge in [-0.1, -0.05) is 6.07 Å². The van der Waals surface area contributed by atoms with Crippen molar-refractivity contribution in [3.05, 3.63) is 30.1 Å². The number of pyridine rings is 1. The van der Waals surface area contributed by atoms with Gasteiger partial charge in [0.15, 0.2) is 18.5 Å². The van der Waals surface area contributed by atoms with Crippen LogP contribution in [0.15, 0.2) is 29.4 Å². The first-order valence-electron chi connectivity index (χ1n) is 5.07. The molecule has 1 aliphatic heterocycles. The first kappa shape index (κ1) is 10.6. The van der Waals surface area contributed by atoms with Crippen molar-refractivity contribution in [2.75, 3.05) is 6.61 Å². The number of ether oxygens (including phenoxy) is 2. The SMILES string of the molecule is CCOC(=O)C1N=COC1c1ccccn1. The van der Waals surface area contributed by atoms with Crippen molar-refractivity contribution in [1.29, 1.82) is 0 Å². The summed E-state index contributed by atoms with van der Waals surface area (Å²) in [5, 5.41) is 0. The van der Waals surface area contributed by atoms with Gasteiger partial charge in [0.2, 0.25) is 0 Å². The van der Waals surface area contributed by atoms with E-state index in [4.69, 9.17) is 9.47 Å². The highest BCUT2D eigenvalue weighted by molar-refractivity contribution is 5.80. The normalized spacial score (nSPS) is 22.8. The zero-order valence-corrected chi connectivity index (χ0v) is 8.87. The zero-order valence-electron chi connectivity index (χ0n) is 8.87. The summed E-state index contributed by atoms with van der Waals surface area (Å²) in [4.78, 5) is 19.7. The predicted molar refractivity (Wildman–Crippen MR) is 57.0 cm³/mol. The largest absolute Gasteiger partial charge is 0.471 e. The Labute approximate surface area is 93.1 Å². The van der Waals surface area contributed by atoms with Crippen LogP contribution in [0.1, 0.15) is 18.7 Å². The maximum atomic E-state index is 11.6. The molecule has 0 saturated carbocycles. The molecule has 1 aromatic rings. The molecule has 1 aromatic heterocycles. The fourth-order valence-corrected chi connectivity index (χ4v) is 1.51. The predicted octanol–water partition coefficient (Wildman–Crippen LogP) is 1.11. The van der Waals surface area contributed by atoms with Crippen molar-refractivity contribution in [3.8, 4) is 0 Å². The molecular formula is C11H12N2O3. The Morgan fingerprint density at radius 2 is 2.44 bits per heavy atom.